The molecule has 0 radical (unpaired) electrons. The van der Waals surface area contributed by atoms with Gasteiger partial charge in [0, 0.05) is 6.07 Å². The number of pyridine rings is 1. The van der Waals surface area contributed by atoms with Gasteiger partial charge in [-0.2, -0.15) is 0 Å². The van der Waals surface area contributed by atoms with Gasteiger partial charge in [0.25, 0.3) is 6.43 Å². The number of nitrogens with one attached hydrogen (secondary N) is 1. The van der Waals surface area contributed by atoms with E-state index in [1.165, 1.54) is 0 Å². The number of halogens is 3. The van der Waals surface area contributed by atoms with Crippen molar-refractivity contribution in [1.29, 1.82) is 0 Å². The van der Waals surface area contributed by atoms with Gasteiger partial charge in [0.1, 0.15) is 5.69 Å². The molecule has 0 spiro atoms. The maximum atomic E-state index is 12.1. The van der Waals surface area contributed by atoms with Gasteiger partial charge in [0.2, 0.25) is 5.56 Å². The van der Waals surface area contributed by atoms with Gasteiger partial charge in [0.05, 0.1) is 10.7 Å². The summed E-state index contributed by atoms with van der Waals surface area (Å²) in [6, 6.07) is 0.947. The highest BCUT2D eigenvalue weighted by molar-refractivity contribution is 6.33. The summed E-state index contributed by atoms with van der Waals surface area (Å²) in [6.45, 7) is 0. The minimum atomic E-state index is -2.82. The van der Waals surface area contributed by atoms with Crippen molar-refractivity contribution in [1.82, 2.24) is 4.98 Å². The summed E-state index contributed by atoms with van der Waals surface area (Å²) in [5.41, 5.74) is 3.56. The van der Waals surface area contributed by atoms with Gasteiger partial charge in [-0.05, 0) is 0 Å². The molecule has 3 N–H and O–H groups in total. The van der Waals surface area contributed by atoms with E-state index in [9.17, 15) is 13.6 Å². The molecule has 1 heterocycles. The predicted octanol–water partition coefficient (Wildman–Crippen LogP) is 1.55. The summed E-state index contributed by atoms with van der Waals surface area (Å²) in [4.78, 5) is 12.5. The Morgan fingerprint density at radius 3 is 2.67 bits per heavy atom. The minimum absolute atomic E-state index is 0.158. The number of aromatic nitrogens is 1. The quantitative estimate of drug-likeness (QED) is 0.713. The summed E-state index contributed by atoms with van der Waals surface area (Å²) >= 11 is 5.38. The van der Waals surface area contributed by atoms with Crippen LogP contribution in [0, 0.1) is 0 Å². The molecule has 0 saturated carbocycles. The van der Waals surface area contributed by atoms with E-state index in [1.54, 1.807) is 0 Å². The van der Waals surface area contributed by atoms with E-state index in [4.69, 9.17) is 17.3 Å². The first-order chi connectivity index (χ1) is 5.52. The average Bonchev–Trinajstić information content (AvgIpc) is 1.96. The fraction of sp³-hybridized carbons (Fsp3) is 0.167. The fourth-order valence-electron chi connectivity index (χ4n) is 0.730. The first-order valence-electron chi connectivity index (χ1n) is 2.98. The standard InChI is InChI=1S/C6H5ClF2N2O/c7-2-1-3(12)11-5(4(2)10)6(8)9/h1,6H,10H2,(H,11,12). The molecule has 12 heavy (non-hydrogen) atoms. The first kappa shape index (κ1) is 8.99. The Bertz CT molecular complexity index is 350. The number of alkyl halides is 2. The zero-order chi connectivity index (χ0) is 9.30. The zero-order valence-electron chi connectivity index (χ0n) is 5.77. The highest BCUT2D eigenvalue weighted by atomic mass is 35.5. The molecule has 0 aliphatic carbocycles. The summed E-state index contributed by atoms with van der Waals surface area (Å²) in [5.74, 6) is 0. The molecule has 0 saturated heterocycles. The van der Waals surface area contributed by atoms with Crippen molar-refractivity contribution in [3.63, 3.8) is 0 Å². The highest BCUT2D eigenvalue weighted by Gasteiger charge is 2.14. The van der Waals surface area contributed by atoms with Gasteiger partial charge in [0.15, 0.2) is 0 Å². The lowest BCUT2D eigenvalue weighted by Crippen LogP contribution is -2.11. The van der Waals surface area contributed by atoms with Gasteiger partial charge in [-0.3, -0.25) is 4.79 Å². The maximum absolute atomic E-state index is 12.1. The molecule has 0 amide bonds. The lowest BCUT2D eigenvalue weighted by atomic mass is 10.3. The van der Waals surface area contributed by atoms with Crippen LogP contribution in [0.5, 0.6) is 0 Å². The van der Waals surface area contributed by atoms with Crippen LogP contribution >= 0.6 is 11.6 Å². The van der Waals surface area contributed by atoms with Gasteiger partial charge in [-0.25, -0.2) is 8.78 Å². The topological polar surface area (TPSA) is 58.9 Å². The molecule has 1 aromatic rings. The van der Waals surface area contributed by atoms with E-state index in [-0.39, 0.29) is 10.7 Å². The second kappa shape index (κ2) is 3.10. The van der Waals surface area contributed by atoms with Crippen molar-refractivity contribution < 1.29 is 8.78 Å². The monoisotopic (exact) mass is 194 g/mol. The third kappa shape index (κ3) is 1.55. The Kier molecular flexibility index (Phi) is 2.32. The van der Waals surface area contributed by atoms with Crippen LogP contribution in [0.25, 0.3) is 0 Å². The number of nitrogens with two attached hydrogens (primary N) is 1. The van der Waals surface area contributed by atoms with Crippen molar-refractivity contribution >= 4 is 17.3 Å². The highest BCUT2D eigenvalue weighted by Crippen LogP contribution is 2.26. The smallest absolute Gasteiger partial charge is 0.280 e. The van der Waals surface area contributed by atoms with E-state index in [1.807, 2.05) is 4.98 Å². The average molecular weight is 195 g/mol. The largest absolute Gasteiger partial charge is 0.396 e. The molecule has 0 aliphatic heterocycles. The molecule has 0 bridgehead atoms. The second-order valence-electron chi connectivity index (χ2n) is 2.11. The number of nitrogen functional groups attached to an aromatic ring is 1. The molecule has 0 atom stereocenters. The second-order valence-corrected chi connectivity index (χ2v) is 2.52. The number of rotatable bonds is 1. The summed E-state index contributed by atoms with van der Waals surface area (Å²) < 4.78 is 24.2. The molecule has 0 fully saturated rings. The van der Waals surface area contributed by atoms with Gasteiger partial charge in [-0.1, -0.05) is 11.6 Å². The predicted molar refractivity (Wildman–Crippen MR) is 41.4 cm³/mol. The van der Waals surface area contributed by atoms with Crippen LogP contribution in [0.4, 0.5) is 14.5 Å². The van der Waals surface area contributed by atoms with Crippen LogP contribution in [0.15, 0.2) is 10.9 Å². The summed E-state index contributed by atoms with van der Waals surface area (Å²) in [7, 11) is 0. The van der Waals surface area contributed by atoms with E-state index in [2.05, 4.69) is 0 Å². The molecule has 0 aromatic carbocycles. The Morgan fingerprint density at radius 1 is 1.58 bits per heavy atom. The van der Waals surface area contributed by atoms with Crippen molar-refractivity contribution in [3.05, 3.63) is 27.1 Å². The van der Waals surface area contributed by atoms with Crippen molar-refractivity contribution in [2.75, 3.05) is 5.73 Å². The molecular weight excluding hydrogens is 190 g/mol. The van der Waals surface area contributed by atoms with E-state index in [0.717, 1.165) is 6.07 Å². The maximum Gasteiger partial charge on any atom is 0.280 e. The zero-order valence-corrected chi connectivity index (χ0v) is 6.53. The molecule has 0 unspecified atom stereocenters. The van der Waals surface area contributed by atoms with Crippen LogP contribution in [0.3, 0.4) is 0 Å². The van der Waals surface area contributed by atoms with Crippen molar-refractivity contribution in [3.8, 4) is 0 Å². The van der Waals surface area contributed by atoms with E-state index < -0.39 is 17.7 Å². The van der Waals surface area contributed by atoms with Crippen LogP contribution in [0.2, 0.25) is 5.02 Å². The third-order valence-electron chi connectivity index (χ3n) is 1.28. The number of aromatic amines is 1. The Balaban J connectivity index is 3.38. The van der Waals surface area contributed by atoms with Crippen LogP contribution in [-0.2, 0) is 0 Å². The Morgan fingerprint density at radius 2 is 2.17 bits per heavy atom. The van der Waals surface area contributed by atoms with Crippen LogP contribution in [0.1, 0.15) is 12.1 Å². The lowest BCUT2D eigenvalue weighted by Gasteiger charge is -2.04. The van der Waals surface area contributed by atoms with Gasteiger partial charge >= 0.3 is 0 Å². The Labute approximate surface area is 71.2 Å². The van der Waals surface area contributed by atoms with E-state index in [0.29, 0.717) is 0 Å². The third-order valence-corrected chi connectivity index (χ3v) is 1.59. The molecular formula is C6H5ClF2N2O. The summed E-state index contributed by atoms with van der Waals surface area (Å²) in [6.07, 6.45) is -2.82. The van der Waals surface area contributed by atoms with Gasteiger partial charge < -0.3 is 10.7 Å². The SMILES string of the molecule is Nc1c(Cl)cc(=O)[nH]c1C(F)F. The normalized spacial score (nSPS) is 10.7. The lowest BCUT2D eigenvalue weighted by molar-refractivity contribution is 0.147. The number of anilines is 1. The van der Waals surface area contributed by atoms with Gasteiger partial charge in [-0.15, -0.1) is 0 Å². The molecule has 0 aliphatic rings. The molecule has 1 aromatic heterocycles. The van der Waals surface area contributed by atoms with Crippen molar-refractivity contribution in [2.45, 2.75) is 6.43 Å². The summed E-state index contributed by atoms with van der Waals surface area (Å²) in [5, 5.41) is -0.158. The van der Waals surface area contributed by atoms with Crippen LogP contribution in [-0.4, -0.2) is 4.98 Å². The molecule has 66 valence electrons. The number of hydrogen-bond acceptors (Lipinski definition) is 2. The molecule has 3 nitrogen and oxygen atoms in total. The number of hydrogen-bond donors (Lipinski definition) is 2. The van der Waals surface area contributed by atoms with Crippen molar-refractivity contribution in [2.24, 2.45) is 0 Å². The van der Waals surface area contributed by atoms with E-state index >= 15 is 0 Å². The fourth-order valence-corrected chi connectivity index (χ4v) is 0.931. The minimum Gasteiger partial charge on any atom is -0.396 e. The molecule has 6 heteroatoms. The first-order valence-corrected chi connectivity index (χ1v) is 3.36. The van der Waals surface area contributed by atoms with Crippen LogP contribution < -0.4 is 11.3 Å². The molecule has 1 rings (SSSR count). The Hall–Kier alpha value is -1.10. The number of H-pyrrole nitrogens is 1.